The molecule has 0 radical (unpaired) electrons. The van der Waals surface area contributed by atoms with Gasteiger partial charge in [0.05, 0.1) is 29.0 Å². The Morgan fingerprint density at radius 1 is 1.29 bits per heavy atom. The van der Waals surface area contributed by atoms with Gasteiger partial charge in [-0.25, -0.2) is 4.39 Å². The van der Waals surface area contributed by atoms with Gasteiger partial charge in [-0.15, -0.1) is 0 Å². The normalized spacial score (nSPS) is 19.5. The average molecular weight is 420 g/mol. The molecule has 4 aromatic rings. The fraction of sp³-hybridized carbons (Fsp3) is 0.333. The molecule has 3 aromatic heterocycles. The highest BCUT2D eigenvalue weighted by Crippen LogP contribution is 2.53. The van der Waals surface area contributed by atoms with Crippen molar-refractivity contribution in [2.45, 2.75) is 18.9 Å². The molecule has 1 saturated carbocycles. The number of hydrogen-bond donors (Lipinski definition) is 3. The molecule has 1 saturated heterocycles. The molecule has 1 aliphatic carbocycles. The number of nitrogens with two attached hydrogens (primary N) is 1. The number of benzene rings is 1. The first-order valence-corrected chi connectivity index (χ1v) is 10.2. The Hall–Kier alpha value is -3.53. The molecule has 0 unspecified atom stereocenters. The Balaban J connectivity index is 1.56. The van der Waals surface area contributed by atoms with E-state index in [9.17, 15) is 4.39 Å². The standard InChI is InChI=1S/C21H21FN8O/c1-24-14-7-11(22)6-13-16-18(27-17(13)14)28-20(31-12-2-5-25-26-8-12)29-19(16)30-9-15(23)21(10-30)3-4-21/h2,5-8,15,24H,3-4,9-10,23H2,1H3,(H,27,28,29)/t15-/m1/s1. The van der Waals surface area contributed by atoms with Crippen LogP contribution < -0.4 is 20.7 Å². The van der Waals surface area contributed by atoms with Crippen molar-refractivity contribution in [1.29, 1.82) is 0 Å². The molecule has 6 rings (SSSR count). The van der Waals surface area contributed by atoms with E-state index >= 15 is 0 Å². The topological polar surface area (TPSA) is 118 Å². The molecule has 2 fully saturated rings. The van der Waals surface area contributed by atoms with Crippen LogP contribution in [0.5, 0.6) is 11.8 Å². The number of aromatic amines is 1. The lowest BCUT2D eigenvalue weighted by Crippen LogP contribution is -2.30. The molecule has 158 valence electrons. The van der Waals surface area contributed by atoms with Gasteiger partial charge in [-0.2, -0.15) is 20.2 Å². The molecular weight excluding hydrogens is 399 g/mol. The molecule has 1 aromatic carbocycles. The number of nitrogens with zero attached hydrogens (tertiary/aromatic N) is 5. The molecule has 31 heavy (non-hydrogen) atoms. The minimum absolute atomic E-state index is 0.0843. The first kappa shape index (κ1) is 18.3. The van der Waals surface area contributed by atoms with Crippen LogP contribution in [0.1, 0.15) is 12.8 Å². The summed E-state index contributed by atoms with van der Waals surface area (Å²) in [6, 6.07) is 4.92. The first-order valence-electron chi connectivity index (χ1n) is 10.2. The van der Waals surface area contributed by atoms with Gasteiger partial charge in [0.25, 0.3) is 0 Å². The summed E-state index contributed by atoms with van der Waals surface area (Å²) in [6.45, 7) is 1.50. The largest absolute Gasteiger partial charge is 0.422 e. The summed E-state index contributed by atoms with van der Waals surface area (Å²) < 4.78 is 20.3. The fourth-order valence-electron chi connectivity index (χ4n) is 4.58. The second-order valence-corrected chi connectivity index (χ2v) is 8.33. The molecule has 4 heterocycles. The van der Waals surface area contributed by atoms with Crippen molar-refractivity contribution < 1.29 is 9.13 Å². The van der Waals surface area contributed by atoms with Crippen molar-refractivity contribution in [3.05, 3.63) is 36.4 Å². The molecule has 0 bridgehead atoms. The number of anilines is 2. The van der Waals surface area contributed by atoms with Gasteiger partial charge < -0.3 is 25.7 Å². The van der Waals surface area contributed by atoms with E-state index < -0.39 is 0 Å². The molecule has 0 amide bonds. The Morgan fingerprint density at radius 3 is 2.87 bits per heavy atom. The molecule has 4 N–H and O–H groups in total. The van der Waals surface area contributed by atoms with Gasteiger partial charge in [-0.1, -0.05) is 0 Å². The predicted octanol–water partition coefficient (Wildman–Crippen LogP) is 2.80. The van der Waals surface area contributed by atoms with E-state index in [1.54, 1.807) is 13.1 Å². The summed E-state index contributed by atoms with van der Waals surface area (Å²) in [5.74, 6) is 0.846. The second kappa shape index (κ2) is 6.48. The van der Waals surface area contributed by atoms with Crippen molar-refractivity contribution in [2.24, 2.45) is 11.1 Å². The van der Waals surface area contributed by atoms with Crippen molar-refractivity contribution in [2.75, 3.05) is 30.4 Å². The fourth-order valence-corrected chi connectivity index (χ4v) is 4.58. The molecule has 2 aliphatic rings. The molecule has 10 heteroatoms. The van der Waals surface area contributed by atoms with Crippen LogP contribution in [0, 0.1) is 11.2 Å². The van der Waals surface area contributed by atoms with Crippen LogP contribution in [0.2, 0.25) is 0 Å². The van der Waals surface area contributed by atoms with E-state index in [2.05, 4.69) is 30.4 Å². The van der Waals surface area contributed by atoms with Crippen LogP contribution in [-0.2, 0) is 0 Å². The van der Waals surface area contributed by atoms with E-state index in [-0.39, 0.29) is 23.3 Å². The summed E-state index contributed by atoms with van der Waals surface area (Å²) in [4.78, 5) is 14.8. The molecule has 1 spiro atoms. The highest BCUT2D eigenvalue weighted by Gasteiger charge is 2.54. The predicted molar refractivity (Wildman–Crippen MR) is 115 cm³/mol. The number of H-pyrrole nitrogens is 1. The smallest absolute Gasteiger partial charge is 0.326 e. The zero-order chi connectivity index (χ0) is 21.2. The highest BCUT2D eigenvalue weighted by molar-refractivity contribution is 6.14. The lowest BCUT2D eigenvalue weighted by molar-refractivity contribution is 0.440. The van der Waals surface area contributed by atoms with E-state index in [0.29, 0.717) is 29.4 Å². The second-order valence-electron chi connectivity index (χ2n) is 8.33. The number of ether oxygens (including phenoxy) is 1. The SMILES string of the molecule is CNc1cc(F)cc2c1[nH]c1nc(Oc3ccnnc3)nc(N3C[C@@H](N)C4(CC4)C3)c12. The molecular formula is C21H21FN8O. The minimum atomic E-state index is -0.330. The van der Waals surface area contributed by atoms with Gasteiger partial charge in [0.1, 0.15) is 17.3 Å². The van der Waals surface area contributed by atoms with Gasteiger partial charge in [0.15, 0.2) is 5.75 Å². The Bertz CT molecular complexity index is 1300. The molecule has 9 nitrogen and oxygen atoms in total. The van der Waals surface area contributed by atoms with E-state index in [1.165, 1.54) is 24.5 Å². The van der Waals surface area contributed by atoms with Gasteiger partial charge in [0, 0.05) is 43.0 Å². The zero-order valence-corrected chi connectivity index (χ0v) is 16.9. The van der Waals surface area contributed by atoms with Crippen LogP contribution in [0.15, 0.2) is 30.6 Å². The maximum Gasteiger partial charge on any atom is 0.326 e. The van der Waals surface area contributed by atoms with E-state index in [0.717, 1.165) is 35.7 Å². The van der Waals surface area contributed by atoms with Crippen LogP contribution >= 0.6 is 0 Å². The van der Waals surface area contributed by atoms with Gasteiger partial charge >= 0.3 is 6.01 Å². The third kappa shape index (κ3) is 2.86. The number of aromatic nitrogens is 5. The summed E-state index contributed by atoms with van der Waals surface area (Å²) >= 11 is 0. The maximum absolute atomic E-state index is 14.4. The van der Waals surface area contributed by atoms with Gasteiger partial charge in [0.2, 0.25) is 0 Å². The summed E-state index contributed by atoms with van der Waals surface area (Å²) in [6.07, 6.45) is 5.28. The van der Waals surface area contributed by atoms with Crippen LogP contribution in [0.3, 0.4) is 0 Å². The van der Waals surface area contributed by atoms with Crippen LogP contribution in [-0.4, -0.2) is 51.3 Å². The number of nitrogens with one attached hydrogen (secondary N) is 2. The summed E-state index contributed by atoms with van der Waals surface area (Å²) in [7, 11) is 1.76. The maximum atomic E-state index is 14.4. The number of fused-ring (bicyclic) bond motifs is 3. The lowest BCUT2D eigenvalue weighted by Gasteiger charge is -2.19. The van der Waals surface area contributed by atoms with Gasteiger partial charge in [-0.3, -0.25) is 0 Å². The number of hydrogen-bond acceptors (Lipinski definition) is 8. The Morgan fingerprint density at radius 2 is 2.16 bits per heavy atom. The summed E-state index contributed by atoms with van der Waals surface area (Å²) in [5, 5.41) is 12.1. The van der Waals surface area contributed by atoms with Crippen LogP contribution in [0.4, 0.5) is 15.9 Å². The van der Waals surface area contributed by atoms with Gasteiger partial charge in [-0.05, 0) is 25.0 Å². The van der Waals surface area contributed by atoms with Crippen molar-refractivity contribution in [1.82, 2.24) is 25.1 Å². The number of rotatable bonds is 4. The van der Waals surface area contributed by atoms with Crippen LogP contribution in [0.25, 0.3) is 21.9 Å². The van der Waals surface area contributed by atoms with Crippen molar-refractivity contribution in [3.8, 4) is 11.8 Å². The first-order chi connectivity index (χ1) is 15.1. The van der Waals surface area contributed by atoms with E-state index in [4.69, 9.17) is 15.5 Å². The monoisotopic (exact) mass is 420 g/mol. The Kier molecular flexibility index (Phi) is 3.82. The highest BCUT2D eigenvalue weighted by atomic mass is 19.1. The average Bonchev–Trinajstić information content (AvgIpc) is 3.35. The van der Waals surface area contributed by atoms with Crippen molar-refractivity contribution >= 4 is 33.4 Å². The summed E-state index contributed by atoms with van der Waals surface area (Å²) in [5.41, 5.74) is 8.60. The lowest BCUT2D eigenvalue weighted by atomic mass is 10.0. The molecule has 1 atom stereocenters. The minimum Gasteiger partial charge on any atom is -0.422 e. The third-order valence-corrected chi connectivity index (χ3v) is 6.42. The third-order valence-electron chi connectivity index (χ3n) is 6.42. The van der Waals surface area contributed by atoms with E-state index in [1.807, 2.05) is 0 Å². The number of halogens is 1. The quantitative estimate of drug-likeness (QED) is 0.461. The Labute approximate surface area is 176 Å². The zero-order valence-electron chi connectivity index (χ0n) is 16.9. The van der Waals surface area contributed by atoms with Crippen molar-refractivity contribution in [3.63, 3.8) is 0 Å². The molecule has 1 aliphatic heterocycles.